The Bertz CT molecular complexity index is 678. The number of H-pyrrole nitrogens is 1. The maximum atomic E-state index is 12.5. The molecule has 3 N–H and O–H groups in total. The first-order chi connectivity index (χ1) is 9.43. The molecule has 0 saturated heterocycles. The first kappa shape index (κ1) is 14.0. The van der Waals surface area contributed by atoms with Crippen LogP contribution >= 0.6 is 0 Å². The summed E-state index contributed by atoms with van der Waals surface area (Å²) in [5.41, 5.74) is 3.13. The Morgan fingerprint density at radius 1 is 1.40 bits per heavy atom. The highest BCUT2D eigenvalue weighted by Gasteiger charge is 2.21. The SMILES string of the molecule is Cc1ccc2[nH]c(C(=O)NC(CF)C(=O)O)cc2c1C. The second-order valence-corrected chi connectivity index (χ2v) is 4.67. The second-order valence-electron chi connectivity index (χ2n) is 4.67. The maximum Gasteiger partial charge on any atom is 0.328 e. The standard InChI is InChI=1S/C14H15FN2O3/c1-7-3-4-10-9(8(7)2)5-11(16-10)13(18)17-12(6-15)14(19)20/h3-5,12,16H,6H2,1-2H3,(H,17,18)(H,19,20). The fraction of sp³-hybridized carbons (Fsp3) is 0.286. The van der Waals surface area contributed by atoms with Gasteiger partial charge in [-0.3, -0.25) is 4.79 Å². The van der Waals surface area contributed by atoms with Crippen LogP contribution in [0.1, 0.15) is 21.6 Å². The molecule has 1 amide bonds. The number of hydrogen-bond donors (Lipinski definition) is 3. The number of nitrogens with one attached hydrogen (secondary N) is 2. The number of halogens is 1. The Morgan fingerprint density at radius 2 is 2.10 bits per heavy atom. The number of carboxylic acids is 1. The van der Waals surface area contributed by atoms with Crippen molar-refractivity contribution < 1.29 is 19.1 Å². The maximum absolute atomic E-state index is 12.5. The van der Waals surface area contributed by atoms with Crippen LogP contribution in [0.25, 0.3) is 10.9 Å². The molecule has 1 heterocycles. The highest BCUT2D eigenvalue weighted by molar-refractivity contribution is 6.00. The number of aromatic amines is 1. The molecule has 0 aliphatic rings. The van der Waals surface area contributed by atoms with E-state index in [9.17, 15) is 14.0 Å². The third kappa shape index (κ3) is 2.49. The number of hydrogen-bond acceptors (Lipinski definition) is 2. The number of carboxylic acid groups (broad SMARTS) is 1. The molecule has 0 radical (unpaired) electrons. The summed E-state index contributed by atoms with van der Waals surface area (Å²) < 4.78 is 12.5. The van der Waals surface area contributed by atoms with Crippen molar-refractivity contribution in [2.75, 3.05) is 6.67 Å². The number of aliphatic carboxylic acids is 1. The van der Waals surface area contributed by atoms with Crippen LogP contribution < -0.4 is 5.32 Å². The van der Waals surface area contributed by atoms with E-state index in [1.165, 1.54) is 0 Å². The van der Waals surface area contributed by atoms with E-state index in [-0.39, 0.29) is 5.69 Å². The Kier molecular flexibility index (Phi) is 3.74. The van der Waals surface area contributed by atoms with Gasteiger partial charge in [-0.1, -0.05) is 6.07 Å². The number of benzene rings is 1. The summed E-state index contributed by atoms with van der Waals surface area (Å²) in [6.07, 6.45) is 0. The highest BCUT2D eigenvalue weighted by atomic mass is 19.1. The molecule has 2 rings (SSSR count). The highest BCUT2D eigenvalue weighted by Crippen LogP contribution is 2.22. The van der Waals surface area contributed by atoms with Crippen LogP contribution in [0, 0.1) is 13.8 Å². The number of aryl methyl sites for hydroxylation is 2. The molecule has 6 heteroatoms. The predicted molar refractivity (Wildman–Crippen MR) is 72.6 cm³/mol. The van der Waals surface area contributed by atoms with Crippen LogP contribution in [0.4, 0.5) is 4.39 Å². The number of fused-ring (bicyclic) bond motifs is 1. The number of aromatic nitrogens is 1. The number of rotatable bonds is 4. The number of amides is 1. The lowest BCUT2D eigenvalue weighted by molar-refractivity contribution is -0.139. The molecule has 1 aromatic heterocycles. The molecule has 0 saturated carbocycles. The summed E-state index contributed by atoms with van der Waals surface area (Å²) in [5.74, 6) is -2.03. The lowest BCUT2D eigenvalue weighted by Gasteiger charge is -2.09. The van der Waals surface area contributed by atoms with Gasteiger partial charge in [0.1, 0.15) is 12.4 Å². The lowest BCUT2D eigenvalue weighted by Crippen LogP contribution is -2.42. The van der Waals surface area contributed by atoms with Crippen molar-refractivity contribution in [3.63, 3.8) is 0 Å². The van der Waals surface area contributed by atoms with E-state index in [0.29, 0.717) is 0 Å². The van der Waals surface area contributed by atoms with E-state index in [2.05, 4.69) is 10.3 Å². The first-order valence-electron chi connectivity index (χ1n) is 6.12. The number of carbonyl (C=O) groups excluding carboxylic acids is 1. The average Bonchev–Trinajstić information content (AvgIpc) is 2.84. The van der Waals surface area contributed by atoms with Gasteiger partial charge in [0.15, 0.2) is 6.04 Å². The lowest BCUT2D eigenvalue weighted by atomic mass is 10.1. The molecule has 1 unspecified atom stereocenters. The third-order valence-corrected chi connectivity index (χ3v) is 3.35. The van der Waals surface area contributed by atoms with Gasteiger partial charge in [0.05, 0.1) is 0 Å². The van der Waals surface area contributed by atoms with Crippen LogP contribution in [-0.2, 0) is 4.79 Å². The summed E-state index contributed by atoms with van der Waals surface area (Å²) in [6.45, 7) is 2.75. The van der Waals surface area contributed by atoms with Gasteiger partial charge in [-0.2, -0.15) is 0 Å². The van der Waals surface area contributed by atoms with Crippen LogP contribution in [-0.4, -0.2) is 34.7 Å². The Labute approximate surface area is 114 Å². The van der Waals surface area contributed by atoms with Crippen LogP contribution in [0.2, 0.25) is 0 Å². The summed E-state index contributed by atoms with van der Waals surface area (Å²) in [4.78, 5) is 25.5. The number of carbonyl (C=O) groups is 2. The quantitative estimate of drug-likeness (QED) is 0.799. The van der Waals surface area contributed by atoms with Gasteiger partial charge in [-0.25, -0.2) is 9.18 Å². The predicted octanol–water partition coefficient (Wildman–Crippen LogP) is 1.94. The van der Waals surface area contributed by atoms with Crippen molar-refractivity contribution in [3.8, 4) is 0 Å². The topological polar surface area (TPSA) is 82.2 Å². The van der Waals surface area contributed by atoms with Crippen molar-refractivity contribution in [1.29, 1.82) is 0 Å². The zero-order valence-corrected chi connectivity index (χ0v) is 11.2. The molecule has 2 aromatic rings. The van der Waals surface area contributed by atoms with E-state index in [4.69, 9.17) is 5.11 Å². The summed E-state index contributed by atoms with van der Waals surface area (Å²) in [5, 5.41) is 11.7. The Morgan fingerprint density at radius 3 is 2.70 bits per heavy atom. The monoisotopic (exact) mass is 278 g/mol. The molecule has 5 nitrogen and oxygen atoms in total. The van der Waals surface area contributed by atoms with Crippen LogP contribution in [0.15, 0.2) is 18.2 Å². The average molecular weight is 278 g/mol. The zero-order valence-electron chi connectivity index (χ0n) is 11.2. The van der Waals surface area contributed by atoms with E-state index in [1.807, 2.05) is 26.0 Å². The minimum Gasteiger partial charge on any atom is -0.480 e. The largest absolute Gasteiger partial charge is 0.480 e. The van der Waals surface area contributed by atoms with Gasteiger partial charge < -0.3 is 15.4 Å². The van der Waals surface area contributed by atoms with Gasteiger partial charge in [0, 0.05) is 10.9 Å². The fourth-order valence-corrected chi connectivity index (χ4v) is 1.98. The van der Waals surface area contributed by atoms with Crippen molar-refractivity contribution in [1.82, 2.24) is 10.3 Å². The molecule has 1 atom stereocenters. The second kappa shape index (κ2) is 5.32. The van der Waals surface area contributed by atoms with Gasteiger partial charge in [0.25, 0.3) is 5.91 Å². The molecule has 0 fully saturated rings. The first-order valence-corrected chi connectivity index (χ1v) is 6.12. The molecular weight excluding hydrogens is 263 g/mol. The van der Waals surface area contributed by atoms with Crippen LogP contribution in [0.5, 0.6) is 0 Å². The summed E-state index contributed by atoms with van der Waals surface area (Å²) in [7, 11) is 0. The van der Waals surface area contributed by atoms with Gasteiger partial charge in [-0.05, 0) is 37.1 Å². The molecule has 0 spiro atoms. The van der Waals surface area contributed by atoms with Crippen molar-refractivity contribution >= 4 is 22.8 Å². The molecule has 0 aliphatic heterocycles. The van der Waals surface area contributed by atoms with Crippen LogP contribution in [0.3, 0.4) is 0 Å². The summed E-state index contributed by atoms with van der Waals surface area (Å²) in [6, 6.07) is 3.89. The molecule has 1 aromatic carbocycles. The molecule has 0 bridgehead atoms. The van der Waals surface area contributed by atoms with E-state index in [0.717, 1.165) is 22.0 Å². The van der Waals surface area contributed by atoms with E-state index < -0.39 is 24.6 Å². The van der Waals surface area contributed by atoms with Crippen molar-refractivity contribution in [2.45, 2.75) is 19.9 Å². The normalized spacial score (nSPS) is 12.3. The Balaban J connectivity index is 2.31. The minimum absolute atomic E-state index is 0.216. The van der Waals surface area contributed by atoms with E-state index >= 15 is 0 Å². The molecular formula is C14H15FN2O3. The third-order valence-electron chi connectivity index (χ3n) is 3.35. The van der Waals surface area contributed by atoms with Crippen molar-refractivity contribution in [2.24, 2.45) is 0 Å². The molecule has 20 heavy (non-hydrogen) atoms. The zero-order chi connectivity index (χ0) is 14.9. The Hall–Kier alpha value is -2.37. The fourth-order valence-electron chi connectivity index (χ4n) is 1.98. The van der Waals surface area contributed by atoms with Gasteiger partial charge in [-0.15, -0.1) is 0 Å². The summed E-state index contributed by atoms with van der Waals surface area (Å²) >= 11 is 0. The minimum atomic E-state index is -1.53. The smallest absolute Gasteiger partial charge is 0.328 e. The molecule has 106 valence electrons. The van der Waals surface area contributed by atoms with E-state index in [1.54, 1.807) is 6.07 Å². The van der Waals surface area contributed by atoms with Gasteiger partial charge in [0.2, 0.25) is 0 Å². The van der Waals surface area contributed by atoms with Gasteiger partial charge >= 0.3 is 5.97 Å². The van der Waals surface area contributed by atoms with Crippen molar-refractivity contribution in [3.05, 3.63) is 35.0 Å². The number of alkyl halides is 1. The molecule has 0 aliphatic carbocycles.